The van der Waals surface area contributed by atoms with Gasteiger partial charge in [-0.15, -0.1) is 0 Å². The maximum absolute atomic E-state index is 13.2. The molecule has 0 saturated carbocycles. The zero-order valence-corrected chi connectivity index (χ0v) is 15.2. The van der Waals surface area contributed by atoms with Crippen molar-refractivity contribution in [3.8, 4) is 0 Å². The molecular weight excluding hydrogens is 331 g/mol. The van der Waals surface area contributed by atoms with E-state index in [-0.39, 0.29) is 16.7 Å². The standard InChI is InChI=1S/C17H25FN2O3S/c1-12(2)10-15(17(21)20-8-4-5-9-20)19-24(22,23)16-7-6-14(18)11-13(16)3/h6-7,11-12,15,19H,4-5,8-10H2,1-3H3/t15-/m0/s1. The Morgan fingerprint density at radius 2 is 1.92 bits per heavy atom. The Hall–Kier alpha value is -1.47. The van der Waals surface area contributed by atoms with Crippen molar-refractivity contribution in [1.82, 2.24) is 9.62 Å². The number of benzene rings is 1. The van der Waals surface area contributed by atoms with Crippen molar-refractivity contribution in [2.75, 3.05) is 13.1 Å². The fraction of sp³-hybridized carbons (Fsp3) is 0.588. The molecule has 7 heteroatoms. The number of nitrogens with one attached hydrogen (secondary N) is 1. The van der Waals surface area contributed by atoms with Crippen molar-refractivity contribution in [2.45, 2.75) is 51.0 Å². The van der Waals surface area contributed by atoms with Crippen molar-refractivity contribution >= 4 is 15.9 Å². The molecule has 0 bridgehead atoms. The average Bonchev–Trinajstić information content (AvgIpc) is 2.98. The lowest BCUT2D eigenvalue weighted by Crippen LogP contribution is -2.48. The summed E-state index contributed by atoms with van der Waals surface area (Å²) < 4.78 is 41.1. The Balaban J connectivity index is 2.25. The second kappa shape index (κ2) is 7.61. The molecule has 1 saturated heterocycles. The largest absolute Gasteiger partial charge is 0.341 e. The molecule has 0 spiro atoms. The van der Waals surface area contributed by atoms with Crippen molar-refractivity contribution in [2.24, 2.45) is 5.92 Å². The number of nitrogens with zero attached hydrogens (tertiary/aromatic N) is 1. The summed E-state index contributed by atoms with van der Waals surface area (Å²) in [4.78, 5) is 14.4. The van der Waals surface area contributed by atoms with Crippen LogP contribution in [0.15, 0.2) is 23.1 Å². The van der Waals surface area contributed by atoms with E-state index in [4.69, 9.17) is 0 Å². The molecule has 134 valence electrons. The molecule has 1 aliphatic rings. The number of sulfonamides is 1. The van der Waals surface area contributed by atoms with Gasteiger partial charge in [-0.2, -0.15) is 4.72 Å². The summed E-state index contributed by atoms with van der Waals surface area (Å²) in [6.45, 7) is 6.77. The molecule has 1 N–H and O–H groups in total. The second-order valence-corrected chi connectivity index (χ2v) is 8.43. The normalized spacial score (nSPS) is 16.6. The molecule has 0 radical (unpaired) electrons. The topological polar surface area (TPSA) is 66.5 Å². The third kappa shape index (κ3) is 4.54. The second-order valence-electron chi connectivity index (χ2n) is 6.75. The third-order valence-electron chi connectivity index (χ3n) is 4.15. The van der Waals surface area contributed by atoms with Crippen LogP contribution < -0.4 is 4.72 Å². The van der Waals surface area contributed by atoms with Gasteiger partial charge in [0.05, 0.1) is 4.90 Å². The zero-order chi connectivity index (χ0) is 17.9. The van der Waals surface area contributed by atoms with Gasteiger partial charge >= 0.3 is 0 Å². The van der Waals surface area contributed by atoms with Crippen LogP contribution in [0.25, 0.3) is 0 Å². The van der Waals surface area contributed by atoms with Crippen molar-refractivity contribution in [3.63, 3.8) is 0 Å². The van der Waals surface area contributed by atoms with Gasteiger partial charge in [0.25, 0.3) is 0 Å². The summed E-state index contributed by atoms with van der Waals surface area (Å²) in [5.74, 6) is -0.499. The number of halogens is 1. The average molecular weight is 356 g/mol. The fourth-order valence-electron chi connectivity index (χ4n) is 2.99. The van der Waals surface area contributed by atoms with E-state index in [1.54, 1.807) is 4.90 Å². The first-order valence-electron chi connectivity index (χ1n) is 8.28. The monoisotopic (exact) mass is 356 g/mol. The minimum Gasteiger partial charge on any atom is -0.341 e. The predicted molar refractivity (Wildman–Crippen MR) is 90.5 cm³/mol. The molecule has 2 rings (SSSR count). The molecule has 0 aliphatic carbocycles. The van der Waals surface area contributed by atoms with E-state index >= 15 is 0 Å². The first-order valence-corrected chi connectivity index (χ1v) is 9.76. The molecular formula is C17H25FN2O3S. The summed E-state index contributed by atoms with van der Waals surface area (Å²) in [6.07, 6.45) is 2.32. The molecule has 1 aromatic rings. The summed E-state index contributed by atoms with van der Waals surface area (Å²) in [6, 6.07) is 2.73. The lowest BCUT2D eigenvalue weighted by atomic mass is 10.0. The number of carbonyl (C=O) groups excluding carboxylic acids is 1. The maximum atomic E-state index is 13.2. The van der Waals surface area contributed by atoms with Crippen LogP contribution >= 0.6 is 0 Å². The van der Waals surface area contributed by atoms with Crippen LogP contribution in [0, 0.1) is 18.7 Å². The van der Waals surface area contributed by atoms with Crippen LogP contribution in [0.4, 0.5) is 4.39 Å². The molecule has 1 aromatic carbocycles. The molecule has 1 amide bonds. The Morgan fingerprint density at radius 3 is 2.46 bits per heavy atom. The molecule has 1 heterocycles. The van der Waals surface area contributed by atoms with Gasteiger partial charge in [-0.25, -0.2) is 12.8 Å². The van der Waals surface area contributed by atoms with Gasteiger partial charge in [0.2, 0.25) is 15.9 Å². The summed E-state index contributed by atoms with van der Waals surface area (Å²) in [7, 11) is -3.89. The Morgan fingerprint density at radius 1 is 1.29 bits per heavy atom. The molecule has 5 nitrogen and oxygen atoms in total. The van der Waals surface area contributed by atoms with Gasteiger partial charge in [0, 0.05) is 13.1 Å². The molecule has 24 heavy (non-hydrogen) atoms. The van der Waals surface area contributed by atoms with Crippen LogP contribution in [0.5, 0.6) is 0 Å². The van der Waals surface area contributed by atoms with Crippen LogP contribution in [0.1, 0.15) is 38.7 Å². The highest BCUT2D eigenvalue weighted by Gasteiger charge is 2.31. The Kier molecular flexibility index (Phi) is 5.98. The predicted octanol–water partition coefficient (Wildman–Crippen LogP) is 2.45. The smallest absolute Gasteiger partial charge is 0.241 e. The zero-order valence-electron chi connectivity index (χ0n) is 14.4. The summed E-state index contributed by atoms with van der Waals surface area (Å²) in [5.41, 5.74) is 0.319. The van der Waals surface area contributed by atoms with Gasteiger partial charge in [-0.1, -0.05) is 13.8 Å². The first kappa shape index (κ1) is 18.9. The third-order valence-corrected chi connectivity index (χ3v) is 5.78. The first-order chi connectivity index (χ1) is 11.2. The van der Waals surface area contributed by atoms with E-state index in [2.05, 4.69) is 4.72 Å². The molecule has 0 unspecified atom stereocenters. The summed E-state index contributed by atoms with van der Waals surface area (Å²) >= 11 is 0. The van der Waals surface area contributed by atoms with E-state index in [1.165, 1.54) is 19.1 Å². The fourth-order valence-corrected chi connectivity index (χ4v) is 4.42. The van der Waals surface area contributed by atoms with E-state index < -0.39 is 21.9 Å². The van der Waals surface area contributed by atoms with Crippen LogP contribution in [-0.4, -0.2) is 38.4 Å². The number of aryl methyl sites for hydroxylation is 1. The van der Waals surface area contributed by atoms with Crippen LogP contribution in [-0.2, 0) is 14.8 Å². The Bertz CT molecular complexity index is 698. The van der Waals surface area contributed by atoms with E-state index in [0.717, 1.165) is 18.9 Å². The SMILES string of the molecule is Cc1cc(F)ccc1S(=O)(=O)N[C@@H](CC(C)C)C(=O)N1CCCC1. The maximum Gasteiger partial charge on any atom is 0.241 e. The van der Waals surface area contributed by atoms with Crippen molar-refractivity contribution < 1.29 is 17.6 Å². The van der Waals surface area contributed by atoms with Gasteiger partial charge < -0.3 is 4.90 Å². The van der Waals surface area contributed by atoms with Gasteiger partial charge in [-0.05, 0) is 55.9 Å². The van der Waals surface area contributed by atoms with Crippen LogP contribution in [0.3, 0.4) is 0 Å². The molecule has 1 aliphatic heterocycles. The van der Waals surface area contributed by atoms with Gasteiger partial charge in [-0.3, -0.25) is 4.79 Å². The van der Waals surface area contributed by atoms with Crippen LogP contribution in [0.2, 0.25) is 0 Å². The molecule has 1 fully saturated rings. The number of hydrogen-bond acceptors (Lipinski definition) is 3. The lowest BCUT2D eigenvalue weighted by molar-refractivity contribution is -0.132. The minimum absolute atomic E-state index is 0.00637. The highest BCUT2D eigenvalue weighted by atomic mass is 32.2. The van der Waals surface area contributed by atoms with Gasteiger partial charge in [0.1, 0.15) is 11.9 Å². The Labute approximate surface area is 143 Å². The molecule has 1 atom stereocenters. The number of hydrogen-bond donors (Lipinski definition) is 1. The number of amides is 1. The van der Waals surface area contributed by atoms with Crippen molar-refractivity contribution in [1.29, 1.82) is 0 Å². The number of rotatable bonds is 6. The van der Waals surface area contributed by atoms with E-state index in [0.29, 0.717) is 25.1 Å². The summed E-state index contributed by atoms with van der Waals surface area (Å²) in [5, 5.41) is 0. The van der Waals surface area contributed by atoms with Crippen molar-refractivity contribution in [3.05, 3.63) is 29.6 Å². The lowest BCUT2D eigenvalue weighted by Gasteiger charge is -2.25. The van der Waals surface area contributed by atoms with E-state index in [9.17, 15) is 17.6 Å². The minimum atomic E-state index is -3.89. The molecule has 0 aromatic heterocycles. The number of likely N-dealkylation sites (tertiary alicyclic amines) is 1. The van der Waals surface area contributed by atoms with E-state index in [1.807, 2.05) is 13.8 Å². The highest BCUT2D eigenvalue weighted by Crippen LogP contribution is 2.19. The number of carbonyl (C=O) groups is 1. The van der Waals surface area contributed by atoms with Gasteiger partial charge in [0.15, 0.2) is 0 Å². The highest BCUT2D eigenvalue weighted by molar-refractivity contribution is 7.89. The quantitative estimate of drug-likeness (QED) is 0.851.